The standard InChI is InChI=1S/C25H44O4/c1-4-6-8-11-19-17-25(3,15-7-5-2)16-14-20(19)18-29-24(28)22-13-10-9-12-21(22)23(26)27/h19-22H,4-18H2,1-3H3,(H,26,27). The Hall–Kier alpha value is -1.06. The van der Waals surface area contributed by atoms with Gasteiger partial charge in [-0.05, 0) is 55.8 Å². The summed E-state index contributed by atoms with van der Waals surface area (Å²) in [5.74, 6) is -1.03. The van der Waals surface area contributed by atoms with Crippen LogP contribution in [0.15, 0.2) is 0 Å². The quantitative estimate of drug-likeness (QED) is 0.308. The molecule has 29 heavy (non-hydrogen) atoms. The Morgan fingerprint density at radius 2 is 1.66 bits per heavy atom. The van der Waals surface area contributed by atoms with E-state index < -0.39 is 17.8 Å². The average Bonchev–Trinajstić information content (AvgIpc) is 2.71. The molecule has 5 unspecified atom stereocenters. The normalized spacial score (nSPS) is 32.7. The largest absolute Gasteiger partial charge is 0.481 e. The minimum absolute atomic E-state index is 0.260. The number of ether oxygens (including phenoxy) is 1. The van der Waals surface area contributed by atoms with E-state index in [9.17, 15) is 14.7 Å². The number of unbranched alkanes of at least 4 members (excludes halogenated alkanes) is 3. The van der Waals surface area contributed by atoms with Gasteiger partial charge >= 0.3 is 11.9 Å². The van der Waals surface area contributed by atoms with Gasteiger partial charge in [0.2, 0.25) is 0 Å². The number of carbonyl (C=O) groups is 2. The number of hydrogen-bond donors (Lipinski definition) is 1. The molecule has 4 nitrogen and oxygen atoms in total. The summed E-state index contributed by atoms with van der Waals surface area (Å²) in [5.41, 5.74) is 0.436. The van der Waals surface area contributed by atoms with E-state index in [1.807, 2.05) is 0 Å². The van der Waals surface area contributed by atoms with Gasteiger partial charge in [0.1, 0.15) is 0 Å². The molecule has 2 aliphatic rings. The first-order chi connectivity index (χ1) is 13.9. The summed E-state index contributed by atoms with van der Waals surface area (Å²) in [6.07, 6.45) is 15.6. The highest BCUT2D eigenvalue weighted by molar-refractivity contribution is 5.81. The van der Waals surface area contributed by atoms with Crippen LogP contribution < -0.4 is 0 Å². The van der Waals surface area contributed by atoms with E-state index in [1.165, 1.54) is 57.8 Å². The number of carbonyl (C=O) groups excluding carboxylic acids is 1. The van der Waals surface area contributed by atoms with Gasteiger partial charge in [0.15, 0.2) is 0 Å². The van der Waals surface area contributed by atoms with Crippen molar-refractivity contribution in [2.45, 2.75) is 111 Å². The average molecular weight is 409 g/mol. The summed E-state index contributed by atoms with van der Waals surface area (Å²) in [4.78, 5) is 24.2. The maximum absolute atomic E-state index is 12.7. The molecule has 0 aliphatic heterocycles. The molecule has 1 N–H and O–H groups in total. The molecular formula is C25H44O4. The molecule has 0 aromatic carbocycles. The molecule has 0 bridgehead atoms. The number of rotatable bonds is 11. The van der Waals surface area contributed by atoms with Crippen molar-refractivity contribution in [1.82, 2.24) is 0 Å². The summed E-state index contributed by atoms with van der Waals surface area (Å²) in [7, 11) is 0. The van der Waals surface area contributed by atoms with Gasteiger partial charge in [0.25, 0.3) is 0 Å². The Bertz CT molecular complexity index is 517. The van der Waals surface area contributed by atoms with E-state index in [4.69, 9.17) is 4.74 Å². The Labute approximate surface area is 178 Å². The first kappa shape index (κ1) is 24.2. The predicted octanol–water partition coefficient (Wildman–Crippen LogP) is 6.61. The number of carboxylic acids is 1. The van der Waals surface area contributed by atoms with Crippen LogP contribution in [0.3, 0.4) is 0 Å². The molecule has 2 rings (SSSR count). The van der Waals surface area contributed by atoms with E-state index in [0.29, 0.717) is 36.7 Å². The summed E-state index contributed by atoms with van der Waals surface area (Å²) in [5, 5.41) is 9.46. The number of carboxylic acid groups (broad SMARTS) is 1. The van der Waals surface area contributed by atoms with Crippen molar-refractivity contribution in [3.05, 3.63) is 0 Å². The van der Waals surface area contributed by atoms with Crippen LogP contribution in [0.4, 0.5) is 0 Å². The highest BCUT2D eigenvalue weighted by Crippen LogP contribution is 2.47. The topological polar surface area (TPSA) is 63.6 Å². The monoisotopic (exact) mass is 408 g/mol. The number of esters is 1. The molecule has 0 aromatic heterocycles. The SMILES string of the molecule is CCCCCC1CC(C)(CCCC)CCC1COC(=O)C1CCCCC1C(=O)O. The first-order valence-corrected chi connectivity index (χ1v) is 12.3. The second kappa shape index (κ2) is 12.0. The third-order valence-electron chi connectivity index (χ3n) is 7.68. The van der Waals surface area contributed by atoms with Gasteiger partial charge in [-0.1, -0.05) is 72.1 Å². The Kier molecular flexibility index (Phi) is 9.98. The lowest BCUT2D eigenvalue weighted by molar-refractivity contribution is -0.161. The molecule has 2 saturated carbocycles. The zero-order valence-corrected chi connectivity index (χ0v) is 19.1. The van der Waals surface area contributed by atoms with Crippen LogP contribution in [-0.4, -0.2) is 23.7 Å². The molecule has 0 saturated heterocycles. The number of aliphatic carboxylic acids is 1. The van der Waals surface area contributed by atoms with Crippen LogP contribution in [0.1, 0.15) is 111 Å². The second-order valence-electron chi connectivity index (χ2n) is 10.1. The molecular weight excluding hydrogens is 364 g/mol. The second-order valence-corrected chi connectivity index (χ2v) is 10.1. The fourth-order valence-electron chi connectivity index (χ4n) is 5.72. The van der Waals surface area contributed by atoms with Crippen molar-refractivity contribution in [3.63, 3.8) is 0 Å². The highest BCUT2D eigenvalue weighted by atomic mass is 16.5. The van der Waals surface area contributed by atoms with Gasteiger partial charge in [-0.15, -0.1) is 0 Å². The lowest BCUT2D eigenvalue weighted by Crippen LogP contribution is -2.37. The zero-order valence-electron chi connectivity index (χ0n) is 19.1. The van der Waals surface area contributed by atoms with Crippen molar-refractivity contribution >= 4 is 11.9 Å². The van der Waals surface area contributed by atoms with Gasteiger partial charge in [0, 0.05) is 0 Å². The van der Waals surface area contributed by atoms with Crippen LogP contribution in [0.2, 0.25) is 0 Å². The Morgan fingerprint density at radius 3 is 2.31 bits per heavy atom. The third-order valence-corrected chi connectivity index (χ3v) is 7.68. The molecule has 0 amide bonds. The Morgan fingerprint density at radius 1 is 0.966 bits per heavy atom. The molecule has 0 spiro atoms. The van der Waals surface area contributed by atoms with Crippen molar-refractivity contribution in [1.29, 1.82) is 0 Å². The fraction of sp³-hybridized carbons (Fsp3) is 0.920. The van der Waals surface area contributed by atoms with Gasteiger partial charge in [-0.3, -0.25) is 9.59 Å². The predicted molar refractivity (Wildman–Crippen MR) is 117 cm³/mol. The van der Waals surface area contributed by atoms with E-state index in [1.54, 1.807) is 0 Å². The van der Waals surface area contributed by atoms with E-state index in [0.717, 1.165) is 19.3 Å². The molecule has 168 valence electrons. The maximum atomic E-state index is 12.7. The van der Waals surface area contributed by atoms with Crippen LogP contribution >= 0.6 is 0 Å². The summed E-state index contributed by atoms with van der Waals surface area (Å²) in [6.45, 7) is 7.46. The van der Waals surface area contributed by atoms with Crippen molar-refractivity contribution in [3.8, 4) is 0 Å². The first-order valence-electron chi connectivity index (χ1n) is 12.3. The van der Waals surface area contributed by atoms with Gasteiger partial charge < -0.3 is 9.84 Å². The zero-order chi connectivity index (χ0) is 21.3. The van der Waals surface area contributed by atoms with E-state index >= 15 is 0 Å². The minimum atomic E-state index is -0.839. The summed E-state index contributed by atoms with van der Waals surface area (Å²) >= 11 is 0. The molecule has 2 aliphatic carbocycles. The highest BCUT2D eigenvalue weighted by Gasteiger charge is 2.40. The van der Waals surface area contributed by atoms with Crippen molar-refractivity contribution < 1.29 is 19.4 Å². The third kappa shape index (κ3) is 7.29. The van der Waals surface area contributed by atoms with E-state index in [-0.39, 0.29) is 5.97 Å². The molecule has 4 heteroatoms. The van der Waals surface area contributed by atoms with Crippen molar-refractivity contribution in [2.24, 2.45) is 29.1 Å². The van der Waals surface area contributed by atoms with E-state index in [2.05, 4.69) is 20.8 Å². The molecule has 2 fully saturated rings. The number of hydrogen-bond acceptors (Lipinski definition) is 3. The molecule has 0 aromatic rings. The van der Waals surface area contributed by atoms with Crippen LogP contribution in [0.25, 0.3) is 0 Å². The van der Waals surface area contributed by atoms with Crippen LogP contribution in [-0.2, 0) is 14.3 Å². The summed E-state index contributed by atoms with van der Waals surface area (Å²) < 4.78 is 5.78. The Balaban J connectivity index is 1.93. The molecule has 0 heterocycles. The van der Waals surface area contributed by atoms with Gasteiger partial charge in [-0.25, -0.2) is 0 Å². The van der Waals surface area contributed by atoms with Crippen LogP contribution in [0, 0.1) is 29.1 Å². The van der Waals surface area contributed by atoms with Gasteiger partial charge in [0.05, 0.1) is 18.4 Å². The fourth-order valence-corrected chi connectivity index (χ4v) is 5.72. The molecule has 0 radical (unpaired) electrons. The van der Waals surface area contributed by atoms with Crippen molar-refractivity contribution in [2.75, 3.05) is 6.61 Å². The lowest BCUT2D eigenvalue weighted by Gasteiger charge is -2.43. The molecule has 5 atom stereocenters. The maximum Gasteiger partial charge on any atom is 0.309 e. The van der Waals surface area contributed by atoms with Crippen LogP contribution in [0.5, 0.6) is 0 Å². The smallest absolute Gasteiger partial charge is 0.309 e. The summed E-state index contributed by atoms with van der Waals surface area (Å²) in [6, 6.07) is 0. The minimum Gasteiger partial charge on any atom is -0.481 e. The lowest BCUT2D eigenvalue weighted by atomic mass is 9.63. The van der Waals surface area contributed by atoms with Gasteiger partial charge in [-0.2, -0.15) is 0 Å².